The van der Waals surface area contributed by atoms with Gasteiger partial charge >= 0.3 is 0 Å². The maximum absolute atomic E-state index is 5.05. The molecule has 0 radical (unpaired) electrons. The summed E-state index contributed by atoms with van der Waals surface area (Å²) in [4.78, 5) is 4.24. The van der Waals surface area contributed by atoms with Crippen LogP contribution in [0.5, 0.6) is 0 Å². The third-order valence-corrected chi connectivity index (χ3v) is 1.97. The zero-order valence-corrected chi connectivity index (χ0v) is 8.19. The second-order valence-corrected chi connectivity index (χ2v) is 3.05. The maximum atomic E-state index is 5.05. The molecule has 2 rings (SSSR count). The fourth-order valence-corrected chi connectivity index (χ4v) is 1.28. The molecular weight excluding hydrogens is 180 g/mol. The minimum Gasteiger partial charge on any atom is -0.348 e. The summed E-state index contributed by atoms with van der Waals surface area (Å²) >= 11 is 0. The van der Waals surface area contributed by atoms with Crippen LogP contribution >= 0.6 is 0 Å². The van der Waals surface area contributed by atoms with Gasteiger partial charge in [0.2, 0.25) is 11.7 Å². The highest BCUT2D eigenvalue weighted by Gasteiger charge is 2.09. The smallest absolute Gasteiger partial charge is 0.240 e. The molecule has 74 valence electrons. The van der Waals surface area contributed by atoms with E-state index in [1.165, 1.54) is 0 Å². The van der Waals surface area contributed by atoms with Crippen LogP contribution in [0.4, 0.5) is 0 Å². The average molecular weight is 192 g/mol. The minimum atomic E-state index is 0.595. The van der Waals surface area contributed by atoms with Crippen molar-refractivity contribution in [3.8, 4) is 11.5 Å². The molecule has 0 aliphatic carbocycles. The number of nitrogens with one attached hydrogen (secondary N) is 1. The molecule has 0 fully saturated rings. The van der Waals surface area contributed by atoms with E-state index in [9.17, 15) is 0 Å². The van der Waals surface area contributed by atoms with Crippen molar-refractivity contribution in [3.63, 3.8) is 0 Å². The second-order valence-electron chi connectivity index (χ2n) is 3.05. The summed E-state index contributed by atoms with van der Waals surface area (Å²) in [6, 6.07) is 3.90. The van der Waals surface area contributed by atoms with Crippen LogP contribution in [-0.4, -0.2) is 21.8 Å². The van der Waals surface area contributed by atoms with Gasteiger partial charge in [-0.3, -0.25) is 0 Å². The van der Waals surface area contributed by atoms with E-state index in [0.717, 1.165) is 5.69 Å². The fourth-order valence-electron chi connectivity index (χ4n) is 1.28. The van der Waals surface area contributed by atoms with Crippen LogP contribution in [0, 0.1) is 0 Å². The lowest BCUT2D eigenvalue weighted by molar-refractivity contribution is 0.372. The fraction of sp³-hybridized carbons (Fsp3) is 0.333. The quantitative estimate of drug-likeness (QED) is 0.781. The molecule has 0 saturated carbocycles. The molecular formula is C9H12N4O. The van der Waals surface area contributed by atoms with Gasteiger partial charge < -0.3 is 14.4 Å². The Kier molecular flexibility index (Phi) is 2.32. The van der Waals surface area contributed by atoms with Crippen molar-refractivity contribution in [2.45, 2.75) is 6.54 Å². The summed E-state index contributed by atoms with van der Waals surface area (Å²) in [6.45, 7) is 0.595. The number of nitrogens with zero attached hydrogens (tertiary/aromatic N) is 3. The Morgan fingerprint density at radius 3 is 3.07 bits per heavy atom. The predicted octanol–water partition coefficient (Wildman–Crippen LogP) is 0.794. The summed E-state index contributed by atoms with van der Waals surface area (Å²) in [5, 5.41) is 6.85. The molecule has 14 heavy (non-hydrogen) atoms. The molecule has 1 N–H and O–H groups in total. The first-order valence-electron chi connectivity index (χ1n) is 4.40. The molecule has 0 saturated heterocycles. The molecule has 0 bridgehead atoms. The van der Waals surface area contributed by atoms with Gasteiger partial charge in [0.25, 0.3) is 0 Å². The van der Waals surface area contributed by atoms with Gasteiger partial charge in [0, 0.05) is 13.2 Å². The molecule has 2 heterocycles. The van der Waals surface area contributed by atoms with Crippen LogP contribution in [0.15, 0.2) is 22.9 Å². The summed E-state index contributed by atoms with van der Waals surface area (Å²) in [7, 11) is 3.79. The van der Waals surface area contributed by atoms with E-state index in [1.54, 1.807) is 0 Å². The molecule has 0 aromatic carbocycles. The average Bonchev–Trinajstić information content (AvgIpc) is 2.74. The van der Waals surface area contributed by atoms with Crippen molar-refractivity contribution in [1.82, 2.24) is 20.0 Å². The molecule has 2 aromatic heterocycles. The van der Waals surface area contributed by atoms with Crippen LogP contribution in [0.1, 0.15) is 5.89 Å². The van der Waals surface area contributed by atoms with E-state index in [0.29, 0.717) is 18.3 Å². The standard InChI is InChI=1S/C9H12N4O/c1-10-6-8-11-9(12-14-8)7-4-3-5-13(7)2/h3-5,10H,6H2,1-2H3. The Morgan fingerprint density at radius 2 is 2.43 bits per heavy atom. The van der Waals surface area contributed by atoms with Crippen LogP contribution in [-0.2, 0) is 13.6 Å². The minimum absolute atomic E-state index is 0.595. The first-order valence-corrected chi connectivity index (χ1v) is 4.40. The first-order chi connectivity index (χ1) is 6.81. The van der Waals surface area contributed by atoms with E-state index in [-0.39, 0.29) is 0 Å². The van der Waals surface area contributed by atoms with Crippen molar-refractivity contribution in [2.75, 3.05) is 7.05 Å². The number of aryl methyl sites for hydroxylation is 1. The van der Waals surface area contributed by atoms with Gasteiger partial charge in [-0.15, -0.1) is 0 Å². The van der Waals surface area contributed by atoms with Gasteiger partial charge in [-0.2, -0.15) is 4.98 Å². The first kappa shape index (κ1) is 8.96. The van der Waals surface area contributed by atoms with Gasteiger partial charge in [-0.25, -0.2) is 0 Å². The van der Waals surface area contributed by atoms with Gasteiger partial charge in [-0.1, -0.05) is 5.16 Å². The third-order valence-electron chi connectivity index (χ3n) is 1.97. The monoisotopic (exact) mass is 192 g/mol. The van der Waals surface area contributed by atoms with E-state index >= 15 is 0 Å². The molecule has 2 aromatic rings. The molecule has 5 heteroatoms. The molecule has 0 spiro atoms. The molecule has 0 unspecified atom stereocenters. The highest BCUT2D eigenvalue weighted by atomic mass is 16.5. The van der Waals surface area contributed by atoms with Gasteiger partial charge in [0.1, 0.15) is 0 Å². The van der Waals surface area contributed by atoms with Crippen LogP contribution in [0.3, 0.4) is 0 Å². The van der Waals surface area contributed by atoms with Gasteiger partial charge in [0.15, 0.2) is 0 Å². The van der Waals surface area contributed by atoms with Crippen LogP contribution < -0.4 is 5.32 Å². The molecule has 0 atom stereocenters. The second kappa shape index (κ2) is 3.63. The highest BCUT2D eigenvalue weighted by Crippen LogP contribution is 2.14. The van der Waals surface area contributed by atoms with Gasteiger partial charge in [0.05, 0.1) is 12.2 Å². The zero-order chi connectivity index (χ0) is 9.97. The number of rotatable bonds is 3. The lowest BCUT2D eigenvalue weighted by Crippen LogP contribution is -2.05. The largest absolute Gasteiger partial charge is 0.348 e. The highest BCUT2D eigenvalue weighted by molar-refractivity contribution is 5.49. The lowest BCUT2D eigenvalue weighted by atomic mass is 10.4. The van der Waals surface area contributed by atoms with Crippen LogP contribution in [0.25, 0.3) is 11.5 Å². The van der Waals surface area contributed by atoms with Crippen LogP contribution in [0.2, 0.25) is 0 Å². The van der Waals surface area contributed by atoms with Crippen molar-refractivity contribution in [1.29, 1.82) is 0 Å². The molecule has 5 nitrogen and oxygen atoms in total. The van der Waals surface area contributed by atoms with E-state index in [4.69, 9.17) is 4.52 Å². The summed E-state index contributed by atoms with van der Waals surface area (Å²) in [6.07, 6.45) is 1.95. The summed E-state index contributed by atoms with van der Waals surface area (Å²) in [5.74, 6) is 1.23. The summed E-state index contributed by atoms with van der Waals surface area (Å²) in [5.41, 5.74) is 0.955. The Balaban J connectivity index is 2.29. The molecule has 0 aliphatic rings. The number of aromatic nitrogens is 3. The Labute approximate surface area is 81.7 Å². The third kappa shape index (κ3) is 1.54. The Hall–Kier alpha value is -1.62. The number of hydrogen-bond donors (Lipinski definition) is 1. The van der Waals surface area contributed by atoms with Crippen molar-refractivity contribution >= 4 is 0 Å². The maximum Gasteiger partial charge on any atom is 0.240 e. The van der Waals surface area contributed by atoms with E-state index in [1.807, 2.05) is 37.0 Å². The lowest BCUT2D eigenvalue weighted by Gasteiger charge is -1.94. The SMILES string of the molecule is CNCc1nc(-c2cccn2C)no1. The van der Waals surface area contributed by atoms with Crippen molar-refractivity contribution in [3.05, 3.63) is 24.2 Å². The topological polar surface area (TPSA) is 55.9 Å². The zero-order valence-electron chi connectivity index (χ0n) is 8.19. The van der Waals surface area contributed by atoms with E-state index < -0.39 is 0 Å². The Bertz CT molecular complexity index is 418. The predicted molar refractivity (Wildman–Crippen MR) is 51.5 cm³/mol. The normalized spacial score (nSPS) is 10.7. The van der Waals surface area contributed by atoms with E-state index in [2.05, 4.69) is 15.5 Å². The van der Waals surface area contributed by atoms with Crippen molar-refractivity contribution in [2.24, 2.45) is 7.05 Å². The molecule has 0 aliphatic heterocycles. The molecule has 0 amide bonds. The summed E-state index contributed by atoms with van der Waals surface area (Å²) < 4.78 is 7.00. The van der Waals surface area contributed by atoms with Gasteiger partial charge in [-0.05, 0) is 19.2 Å². The number of hydrogen-bond acceptors (Lipinski definition) is 4. The van der Waals surface area contributed by atoms with Crippen molar-refractivity contribution < 1.29 is 4.52 Å². The Morgan fingerprint density at radius 1 is 1.57 bits per heavy atom.